The van der Waals surface area contributed by atoms with Gasteiger partial charge < -0.3 is 36.4 Å². The predicted molar refractivity (Wildman–Crippen MR) is 147 cm³/mol. The second-order valence-corrected chi connectivity index (χ2v) is 9.36. The van der Waals surface area contributed by atoms with Crippen molar-refractivity contribution in [2.45, 2.75) is 51.7 Å². The Balaban J connectivity index is 2.19. The van der Waals surface area contributed by atoms with Crippen LogP contribution in [0.4, 0.5) is 28.4 Å². The Morgan fingerprint density at radius 1 is 1.02 bits per heavy atom. The van der Waals surface area contributed by atoms with Crippen molar-refractivity contribution in [3.05, 3.63) is 65.2 Å². The monoisotopic (exact) mass is 591 g/mol. The molecular weight excluding hydrogens is 559 g/mol. The van der Waals surface area contributed by atoms with Gasteiger partial charge in [-0.25, -0.2) is 9.59 Å². The van der Waals surface area contributed by atoms with E-state index < -0.39 is 59.9 Å². The quantitative estimate of drug-likeness (QED) is 0.220. The number of benzene rings is 2. The van der Waals surface area contributed by atoms with Crippen molar-refractivity contribution >= 4 is 29.6 Å². The largest absolute Gasteiger partial charge is 0.465 e. The SMILES string of the molecule is CC#C[C@H](O)C(CN(Cc1ccccc1)C(=O)O)NC(=O)CNC(=O)c1cc(C(F)(F)F)ccc1NC(=O)NC(C)C. The van der Waals surface area contributed by atoms with Crippen molar-refractivity contribution in [3.63, 3.8) is 0 Å². The van der Waals surface area contributed by atoms with E-state index in [0.29, 0.717) is 17.7 Å². The molecule has 5 amide bonds. The Labute approximate surface area is 240 Å². The molecule has 42 heavy (non-hydrogen) atoms. The first-order valence-corrected chi connectivity index (χ1v) is 12.7. The number of nitrogens with one attached hydrogen (secondary N) is 4. The summed E-state index contributed by atoms with van der Waals surface area (Å²) in [7, 11) is 0. The summed E-state index contributed by atoms with van der Waals surface area (Å²) in [6.07, 6.45) is -7.59. The topological polar surface area (TPSA) is 160 Å². The molecule has 0 aliphatic heterocycles. The van der Waals surface area contributed by atoms with E-state index in [1.54, 1.807) is 44.2 Å². The van der Waals surface area contributed by atoms with Gasteiger partial charge in [0, 0.05) is 19.1 Å². The van der Waals surface area contributed by atoms with Gasteiger partial charge in [0.05, 0.1) is 29.4 Å². The molecular formula is C28H32F3N5O6. The molecule has 2 aromatic rings. The van der Waals surface area contributed by atoms with Gasteiger partial charge in [0.25, 0.3) is 5.91 Å². The van der Waals surface area contributed by atoms with E-state index in [9.17, 15) is 42.6 Å². The Morgan fingerprint density at radius 3 is 2.26 bits per heavy atom. The molecule has 2 aromatic carbocycles. The number of carbonyl (C=O) groups is 4. The first-order valence-electron chi connectivity index (χ1n) is 12.7. The van der Waals surface area contributed by atoms with E-state index in [2.05, 4.69) is 33.1 Å². The van der Waals surface area contributed by atoms with Crippen molar-refractivity contribution < 1.29 is 42.6 Å². The minimum Gasteiger partial charge on any atom is -0.465 e. The molecule has 0 fully saturated rings. The van der Waals surface area contributed by atoms with E-state index in [1.807, 2.05) is 0 Å². The molecule has 11 nitrogen and oxygen atoms in total. The lowest BCUT2D eigenvalue weighted by Crippen LogP contribution is -2.53. The summed E-state index contributed by atoms with van der Waals surface area (Å²) in [5.41, 5.74) is -1.28. The molecule has 2 rings (SSSR count). The lowest BCUT2D eigenvalue weighted by atomic mass is 10.1. The molecule has 0 saturated carbocycles. The van der Waals surface area contributed by atoms with Crippen LogP contribution in [0.1, 0.15) is 42.3 Å². The number of halogens is 3. The number of carboxylic acid groups (broad SMARTS) is 1. The molecule has 6 N–H and O–H groups in total. The van der Waals surface area contributed by atoms with Gasteiger partial charge in [-0.05, 0) is 44.5 Å². The minimum atomic E-state index is -4.79. The molecule has 1 unspecified atom stereocenters. The van der Waals surface area contributed by atoms with E-state index in [0.717, 1.165) is 11.0 Å². The fraction of sp³-hybridized carbons (Fsp3) is 0.357. The number of carbonyl (C=O) groups excluding carboxylic acids is 3. The average Bonchev–Trinajstić information content (AvgIpc) is 2.90. The van der Waals surface area contributed by atoms with Crippen LogP contribution >= 0.6 is 0 Å². The second-order valence-electron chi connectivity index (χ2n) is 9.36. The molecule has 0 bridgehead atoms. The zero-order chi connectivity index (χ0) is 31.4. The third kappa shape index (κ3) is 10.7. The molecule has 0 aliphatic rings. The first-order chi connectivity index (χ1) is 19.7. The van der Waals surface area contributed by atoms with Gasteiger partial charge in [0.15, 0.2) is 0 Å². The molecule has 0 saturated heterocycles. The van der Waals surface area contributed by atoms with Crippen molar-refractivity contribution in [2.75, 3.05) is 18.4 Å². The Morgan fingerprint density at radius 2 is 1.69 bits per heavy atom. The number of alkyl halides is 3. The number of aliphatic hydroxyl groups excluding tert-OH is 1. The Bertz CT molecular complexity index is 1320. The molecule has 14 heteroatoms. The number of rotatable bonds is 11. The van der Waals surface area contributed by atoms with Gasteiger partial charge in [-0.15, -0.1) is 5.92 Å². The molecule has 0 aromatic heterocycles. The highest BCUT2D eigenvalue weighted by atomic mass is 19.4. The molecule has 226 valence electrons. The van der Waals surface area contributed by atoms with E-state index in [4.69, 9.17) is 0 Å². The van der Waals surface area contributed by atoms with E-state index >= 15 is 0 Å². The number of hydrogen-bond donors (Lipinski definition) is 6. The van der Waals surface area contributed by atoms with Crippen LogP contribution in [0.25, 0.3) is 0 Å². The highest BCUT2D eigenvalue weighted by Gasteiger charge is 2.32. The summed E-state index contributed by atoms with van der Waals surface area (Å²) in [4.78, 5) is 50.5. The highest BCUT2D eigenvalue weighted by Crippen LogP contribution is 2.32. The molecule has 0 aliphatic carbocycles. The summed E-state index contributed by atoms with van der Waals surface area (Å²) in [5.74, 6) is 2.94. The predicted octanol–water partition coefficient (Wildman–Crippen LogP) is 3.01. The summed E-state index contributed by atoms with van der Waals surface area (Å²) in [6, 6.07) is 8.46. The van der Waals surface area contributed by atoms with Crippen molar-refractivity contribution in [3.8, 4) is 11.8 Å². The van der Waals surface area contributed by atoms with Crippen molar-refractivity contribution in [1.29, 1.82) is 0 Å². The van der Waals surface area contributed by atoms with Gasteiger partial charge in [-0.1, -0.05) is 36.3 Å². The number of hydrogen-bond acceptors (Lipinski definition) is 5. The maximum absolute atomic E-state index is 13.3. The van der Waals surface area contributed by atoms with E-state index in [1.165, 1.54) is 6.92 Å². The number of nitrogens with zero attached hydrogens (tertiary/aromatic N) is 1. The second kappa shape index (κ2) is 15.3. The summed E-state index contributed by atoms with van der Waals surface area (Å²) in [5, 5.41) is 29.5. The normalized spacial score (nSPS) is 12.3. The number of anilines is 1. The highest BCUT2D eigenvalue weighted by molar-refractivity contribution is 6.04. The first kappa shape index (κ1) is 33.4. The van der Waals surface area contributed by atoms with Crippen LogP contribution in [0, 0.1) is 11.8 Å². The number of amides is 5. The van der Waals surface area contributed by atoms with Gasteiger partial charge in [0.1, 0.15) is 6.10 Å². The van der Waals surface area contributed by atoms with Crippen molar-refractivity contribution in [2.24, 2.45) is 0 Å². The van der Waals surface area contributed by atoms with Crippen LogP contribution in [-0.4, -0.2) is 70.3 Å². The fourth-order valence-electron chi connectivity index (χ4n) is 3.68. The Kier molecular flexibility index (Phi) is 12.2. The van der Waals surface area contributed by atoms with Gasteiger partial charge in [-0.2, -0.15) is 13.2 Å². The van der Waals surface area contributed by atoms with Crippen LogP contribution in [-0.2, 0) is 17.5 Å². The van der Waals surface area contributed by atoms with Gasteiger partial charge in [0.2, 0.25) is 5.91 Å². The third-order valence-corrected chi connectivity index (χ3v) is 5.59. The van der Waals surface area contributed by atoms with Crippen LogP contribution in [0.2, 0.25) is 0 Å². The maximum atomic E-state index is 13.3. The summed E-state index contributed by atoms with van der Waals surface area (Å²) < 4.78 is 39.9. The van der Waals surface area contributed by atoms with Gasteiger partial charge >= 0.3 is 18.3 Å². The van der Waals surface area contributed by atoms with E-state index in [-0.39, 0.29) is 24.8 Å². The standard InChI is InChI=1S/C28H32F3N5O6/c1-4-8-23(37)22(16-36(27(41)42)15-18-9-6-5-7-10-18)34-24(38)14-32-25(39)20-13-19(28(29,30)31)11-12-21(20)35-26(40)33-17(2)3/h5-7,9-13,17,22-23,37H,14-16H2,1-3H3,(H,32,39)(H,34,38)(H,41,42)(H2,33,35,40)/t22?,23-/m0/s1. The Hall–Kier alpha value is -4.77. The van der Waals surface area contributed by atoms with Crippen LogP contribution in [0.3, 0.4) is 0 Å². The molecule has 0 heterocycles. The van der Waals surface area contributed by atoms with Crippen LogP contribution < -0.4 is 21.3 Å². The summed E-state index contributed by atoms with van der Waals surface area (Å²) in [6.45, 7) is 3.58. The fourth-order valence-corrected chi connectivity index (χ4v) is 3.68. The number of urea groups is 1. The molecule has 0 spiro atoms. The number of aliphatic hydroxyl groups is 1. The van der Waals surface area contributed by atoms with Gasteiger partial charge in [-0.3, -0.25) is 9.59 Å². The smallest absolute Gasteiger partial charge is 0.416 e. The lowest BCUT2D eigenvalue weighted by Gasteiger charge is -2.27. The van der Waals surface area contributed by atoms with Crippen LogP contribution in [0.5, 0.6) is 0 Å². The average molecular weight is 592 g/mol. The zero-order valence-electron chi connectivity index (χ0n) is 23.1. The summed E-state index contributed by atoms with van der Waals surface area (Å²) >= 11 is 0. The lowest BCUT2D eigenvalue weighted by molar-refractivity contribution is -0.137. The minimum absolute atomic E-state index is 0.0543. The third-order valence-electron chi connectivity index (χ3n) is 5.59. The maximum Gasteiger partial charge on any atom is 0.416 e. The molecule has 0 radical (unpaired) electrons. The van der Waals surface area contributed by atoms with Crippen molar-refractivity contribution in [1.82, 2.24) is 20.9 Å². The zero-order valence-corrected chi connectivity index (χ0v) is 23.1. The van der Waals surface area contributed by atoms with Crippen LogP contribution in [0.15, 0.2) is 48.5 Å². The molecule has 2 atom stereocenters.